The van der Waals surface area contributed by atoms with E-state index in [4.69, 9.17) is 18.0 Å². The first-order valence-electron chi connectivity index (χ1n) is 6.65. The highest BCUT2D eigenvalue weighted by Crippen LogP contribution is 2.16. The van der Waals surface area contributed by atoms with Crippen LogP contribution in [-0.2, 0) is 13.1 Å². The molecule has 0 aliphatic carbocycles. The topological polar surface area (TPSA) is 60.0 Å². The molecule has 20 heavy (non-hydrogen) atoms. The molecule has 0 atom stereocenters. The number of hydrogen-bond acceptors (Lipinski definition) is 4. The number of rotatable bonds is 7. The molecule has 6 heteroatoms. The van der Waals surface area contributed by atoms with Gasteiger partial charge in [0, 0.05) is 25.2 Å². The molecule has 0 radical (unpaired) electrons. The molecule has 0 bridgehead atoms. The maximum Gasteiger partial charge on any atom is 0.146 e. The van der Waals surface area contributed by atoms with Crippen LogP contribution in [0, 0.1) is 0 Å². The Morgan fingerprint density at radius 3 is 2.75 bits per heavy atom. The smallest absolute Gasteiger partial charge is 0.146 e. The van der Waals surface area contributed by atoms with E-state index in [2.05, 4.69) is 34.0 Å². The Bertz CT molecular complexity index is 552. The van der Waals surface area contributed by atoms with Crippen LogP contribution in [0.3, 0.4) is 0 Å². The van der Waals surface area contributed by atoms with Gasteiger partial charge < -0.3 is 10.6 Å². The Hall–Kier alpha value is -1.95. The fraction of sp³-hybridized carbons (Fsp3) is 0.357. The summed E-state index contributed by atoms with van der Waals surface area (Å²) in [6.07, 6.45) is 2.28. The Morgan fingerprint density at radius 2 is 2.10 bits per heavy atom. The first kappa shape index (κ1) is 14.5. The summed E-state index contributed by atoms with van der Waals surface area (Å²) in [5.41, 5.74) is 6.75. The second-order valence-corrected chi connectivity index (χ2v) is 4.99. The molecule has 0 saturated carbocycles. The van der Waals surface area contributed by atoms with E-state index in [9.17, 15) is 0 Å². The van der Waals surface area contributed by atoms with Crippen LogP contribution in [0.15, 0.2) is 36.7 Å². The van der Waals surface area contributed by atoms with E-state index in [0.717, 1.165) is 24.6 Å². The predicted octanol–water partition coefficient (Wildman–Crippen LogP) is 1.98. The fourth-order valence-electron chi connectivity index (χ4n) is 2.03. The van der Waals surface area contributed by atoms with Crippen molar-refractivity contribution >= 4 is 22.9 Å². The molecule has 0 aliphatic heterocycles. The molecule has 0 fully saturated rings. The van der Waals surface area contributed by atoms with Crippen molar-refractivity contribution in [2.24, 2.45) is 5.73 Å². The maximum absolute atomic E-state index is 5.62. The third-order valence-electron chi connectivity index (χ3n) is 3.08. The minimum absolute atomic E-state index is 0.530. The van der Waals surface area contributed by atoms with E-state index >= 15 is 0 Å². The number of thiocarbonyl (C=S) groups is 1. The molecule has 0 aliphatic rings. The summed E-state index contributed by atoms with van der Waals surface area (Å²) >= 11 is 4.98. The zero-order valence-electron chi connectivity index (χ0n) is 11.6. The molecule has 0 unspecified atom stereocenters. The van der Waals surface area contributed by atoms with Crippen molar-refractivity contribution in [3.05, 3.63) is 42.5 Å². The minimum Gasteiger partial charge on any atom is -0.393 e. The number of para-hydroxylation sites is 1. The molecular weight excluding hydrogens is 270 g/mol. The van der Waals surface area contributed by atoms with Gasteiger partial charge in [0.25, 0.3) is 0 Å². The van der Waals surface area contributed by atoms with E-state index in [0.29, 0.717) is 18.0 Å². The number of benzene rings is 1. The van der Waals surface area contributed by atoms with Crippen LogP contribution in [0.2, 0.25) is 0 Å². The van der Waals surface area contributed by atoms with Crippen LogP contribution in [-0.4, -0.2) is 26.3 Å². The largest absolute Gasteiger partial charge is 0.393 e. The van der Waals surface area contributed by atoms with Crippen LogP contribution < -0.4 is 10.6 Å². The molecule has 1 aromatic carbocycles. The number of hydrogen-bond donors (Lipinski definition) is 1. The molecule has 0 amide bonds. The van der Waals surface area contributed by atoms with Gasteiger partial charge in [-0.15, -0.1) is 0 Å². The molecule has 2 N–H and O–H groups in total. The van der Waals surface area contributed by atoms with Gasteiger partial charge in [0.05, 0.1) is 11.5 Å². The lowest BCUT2D eigenvalue weighted by Crippen LogP contribution is -2.28. The predicted molar refractivity (Wildman–Crippen MR) is 84.6 cm³/mol. The van der Waals surface area contributed by atoms with Crippen molar-refractivity contribution in [1.82, 2.24) is 14.8 Å². The second-order valence-electron chi connectivity index (χ2n) is 4.47. The van der Waals surface area contributed by atoms with Gasteiger partial charge in [-0.05, 0) is 19.1 Å². The van der Waals surface area contributed by atoms with Crippen molar-refractivity contribution in [2.45, 2.75) is 26.4 Å². The lowest BCUT2D eigenvalue weighted by molar-refractivity contribution is 0.602. The van der Waals surface area contributed by atoms with Gasteiger partial charge in [-0.25, -0.2) is 9.67 Å². The highest BCUT2D eigenvalue weighted by Gasteiger charge is 2.11. The second kappa shape index (κ2) is 7.00. The summed E-state index contributed by atoms with van der Waals surface area (Å²) in [5.74, 6) is 0.944. The fourth-order valence-corrected chi connectivity index (χ4v) is 2.12. The van der Waals surface area contributed by atoms with Crippen LogP contribution in [0.5, 0.6) is 0 Å². The Labute approximate surface area is 124 Å². The van der Waals surface area contributed by atoms with Crippen LogP contribution in [0.1, 0.15) is 19.2 Å². The molecule has 0 saturated heterocycles. The minimum atomic E-state index is 0.530. The van der Waals surface area contributed by atoms with Crippen molar-refractivity contribution in [1.29, 1.82) is 0 Å². The first-order valence-corrected chi connectivity index (χ1v) is 7.06. The van der Waals surface area contributed by atoms with Gasteiger partial charge >= 0.3 is 0 Å². The monoisotopic (exact) mass is 289 g/mol. The van der Waals surface area contributed by atoms with Gasteiger partial charge in [0.2, 0.25) is 0 Å². The number of aromatic nitrogens is 3. The number of anilines is 1. The summed E-state index contributed by atoms with van der Waals surface area (Å²) in [6, 6.07) is 10.2. The molecule has 2 rings (SSSR count). The van der Waals surface area contributed by atoms with Crippen molar-refractivity contribution < 1.29 is 0 Å². The van der Waals surface area contributed by atoms with Gasteiger partial charge in [0.15, 0.2) is 0 Å². The van der Waals surface area contributed by atoms with E-state index in [1.165, 1.54) is 0 Å². The lowest BCUT2D eigenvalue weighted by Gasteiger charge is -2.24. The Morgan fingerprint density at radius 1 is 1.35 bits per heavy atom. The number of nitrogens with two attached hydrogens (primary N) is 1. The highest BCUT2D eigenvalue weighted by molar-refractivity contribution is 7.80. The summed E-state index contributed by atoms with van der Waals surface area (Å²) in [7, 11) is 0. The molecular formula is C14H19N5S. The SMILES string of the molecule is CCn1ncnc1CN(CCC(N)=S)c1ccccc1. The van der Waals surface area contributed by atoms with E-state index < -0.39 is 0 Å². The standard InChI is InChI=1S/C14H19N5S/c1-2-19-14(16-11-17-19)10-18(9-8-13(15)20)12-6-4-3-5-7-12/h3-7,11H,2,8-10H2,1H3,(H2,15,20). The molecule has 0 spiro atoms. The van der Waals surface area contributed by atoms with Gasteiger partial charge in [-0.2, -0.15) is 5.10 Å². The highest BCUT2D eigenvalue weighted by atomic mass is 32.1. The molecule has 106 valence electrons. The van der Waals surface area contributed by atoms with Crippen LogP contribution in [0.25, 0.3) is 0 Å². The Kier molecular flexibility index (Phi) is 5.06. The third-order valence-corrected chi connectivity index (χ3v) is 3.28. The summed E-state index contributed by atoms with van der Waals surface area (Å²) in [5, 5.41) is 4.21. The van der Waals surface area contributed by atoms with Crippen LogP contribution >= 0.6 is 12.2 Å². The van der Waals surface area contributed by atoms with Crippen LogP contribution in [0.4, 0.5) is 5.69 Å². The Balaban J connectivity index is 2.16. The average Bonchev–Trinajstić information content (AvgIpc) is 2.91. The maximum atomic E-state index is 5.62. The van der Waals surface area contributed by atoms with Crippen molar-refractivity contribution in [2.75, 3.05) is 11.4 Å². The summed E-state index contributed by atoms with van der Waals surface area (Å²) < 4.78 is 1.90. The van der Waals surface area contributed by atoms with Crippen molar-refractivity contribution in [3.63, 3.8) is 0 Å². The number of nitrogens with zero attached hydrogens (tertiary/aromatic N) is 4. The molecule has 2 aromatic rings. The van der Waals surface area contributed by atoms with E-state index in [1.54, 1.807) is 6.33 Å². The zero-order valence-corrected chi connectivity index (χ0v) is 12.4. The van der Waals surface area contributed by atoms with Gasteiger partial charge in [0.1, 0.15) is 12.2 Å². The summed E-state index contributed by atoms with van der Waals surface area (Å²) in [4.78, 5) is 7.07. The summed E-state index contributed by atoms with van der Waals surface area (Å²) in [6.45, 7) is 4.34. The molecule has 5 nitrogen and oxygen atoms in total. The quantitative estimate of drug-likeness (QED) is 0.790. The van der Waals surface area contributed by atoms with Gasteiger partial charge in [-0.3, -0.25) is 0 Å². The molecule has 1 aromatic heterocycles. The molecule has 1 heterocycles. The van der Waals surface area contributed by atoms with Crippen molar-refractivity contribution in [3.8, 4) is 0 Å². The lowest BCUT2D eigenvalue weighted by atomic mass is 10.2. The van der Waals surface area contributed by atoms with Gasteiger partial charge in [-0.1, -0.05) is 30.4 Å². The first-order chi connectivity index (χ1) is 9.70. The average molecular weight is 289 g/mol. The van der Waals surface area contributed by atoms with E-state index in [1.807, 2.05) is 22.9 Å². The number of aryl methyl sites for hydroxylation is 1. The zero-order chi connectivity index (χ0) is 14.4. The third kappa shape index (κ3) is 3.77. The normalized spacial score (nSPS) is 10.4. The van der Waals surface area contributed by atoms with E-state index in [-0.39, 0.29) is 0 Å².